The fourth-order valence-electron chi connectivity index (χ4n) is 2.82. The van der Waals surface area contributed by atoms with Crippen LogP contribution in [0.3, 0.4) is 0 Å². The van der Waals surface area contributed by atoms with E-state index in [0.29, 0.717) is 4.86 Å². The predicted molar refractivity (Wildman–Crippen MR) is 82.2 cm³/mol. The quantitative estimate of drug-likeness (QED) is 0.745. The Morgan fingerprint density at radius 3 is 2.50 bits per heavy atom. The zero-order chi connectivity index (χ0) is 14.3. The van der Waals surface area contributed by atoms with E-state index >= 15 is 0 Å². The van der Waals surface area contributed by atoms with Crippen LogP contribution in [0.5, 0.6) is 0 Å². The molecule has 4 heteroatoms. The molecule has 0 saturated carbocycles. The van der Waals surface area contributed by atoms with Gasteiger partial charge in [0.1, 0.15) is 4.86 Å². The molecule has 102 valence electrons. The van der Waals surface area contributed by atoms with Crippen molar-refractivity contribution >= 4 is 20.8 Å². The Labute approximate surface area is 120 Å². The summed E-state index contributed by atoms with van der Waals surface area (Å²) < 4.78 is 22.8. The van der Waals surface area contributed by atoms with Crippen molar-refractivity contribution in [2.24, 2.45) is 0 Å². The second-order valence-corrected chi connectivity index (χ2v) is 5.86. The van der Waals surface area contributed by atoms with Crippen LogP contribution in [-0.4, -0.2) is 19.3 Å². The molecule has 1 aliphatic carbocycles. The van der Waals surface area contributed by atoms with Gasteiger partial charge in [-0.05, 0) is 43.7 Å². The first-order valence-corrected chi connectivity index (χ1v) is 7.59. The summed E-state index contributed by atoms with van der Waals surface area (Å²) in [5.41, 5.74) is 3.97. The average Bonchev–Trinajstić information content (AvgIpc) is 2.72. The smallest absolute Gasteiger partial charge is 0.222 e. The summed E-state index contributed by atoms with van der Waals surface area (Å²) in [5, 5.41) is 0. The molecule has 3 rings (SSSR count). The summed E-state index contributed by atoms with van der Waals surface area (Å²) in [6, 6.07) is 10.2. The van der Waals surface area contributed by atoms with E-state index in [0.717, 1.165) is 22.5 Å². The molecule has 0 aromatic heterocycles. The van der Waals surface area contributed by atoms with Crippen molar-refractivity contribution in [3.05, 3.63) is 65.4 Å². The normalized spacial score (nSPS) is 21.1. The SMILES string of the molecule is CC1=C2C(=CC=CC2=S(=O)=O)N(c2ccccc2)C1C. The first-order valence-electron chi connectivity index (χ1n) is 6.51. The van der Waals surface area contributed by atoms with Gasteiger partial charge in [-0.3, -0.25) is 0 Å². The molecule has 2 aliphatic rings. The molecule has 1 unspecified atom stereocenters. The maximum atomic E-state index is 11.4. The maximum Gasteiger partial charge on any atom is 0.222 e. The van der Waals surface area contributed by atoms with E-state index in [2.05, 4.69) is 11.8 Å². The van der Waals surface area contributed by atoms with Gasteiger partial charge in [0.25, 0.3) is 0 Å². The minimum Gasteiger partial charge on any atom is -0.334 e. The number of allylic oxidation sites excluding steroid dienone is 4. The molecule has 0 bridgehead atoms. The van der Waals surface area contributed by atoms with Gasteiger partial charge in [0.2, 0.25) is 10.3 Å². The van der Waals surface area contributed by atoms with E-state index in [1.807, 2.05) is 43.3 Å². The fourth-order valence-corrected chi connectivity index (χ4v) is 3.44. The molecule has 20 heavy (non-hydrogen) atoms. The van der Waals surface area contributed by atoms with Crippen LogP contribution in [0.25, 0.3) is 0 Å². The Kier molecular flexibility index (Phi) is 3.10. The number of hydrogen-bond acceptors (Lipinski definition) is 3. The number of anilines is 1. The fraction of sp³-hybridized carbons (Fsp3) is 0.188. The standard InChI is InChI=1S/C16H15NO2S/c1-11-12(2)17(13-7-4-3-5-8-13)14-9-6-10-15(16(11)14)20(18)19/h3-10,12H,1-2H3. The van der Waals surface area contributed by atoms with E-state index in [1.165, 1.54) is 0 Å². The van der Waals surface area contributed by atoms with Crippen molar-refractivity contribution in [1.29, 1.82) is 0 Å². The lowest BCUT2D eigenvalue weighted by molar-refractivity contribution is 0.627. The van der Waals surface area contributed by atoms with Gasteiger partial charge in [-0.25, -0.2) is 0 Å². The lowest BCUT2D eigenvalue weighted by Crippen LogP contribution is -2.28. The first-order chi connectivity index (χ1) is 9.61. The van der Waals surface area contributed by atoms with Crippen molar-refractivity contribution in [2.45, 2.75) is 19.9 Å². The highest BCUT2D eigenvalue weighted by atomic mass is 32.2. The number of para-hydroxylation sites is 1. The molecule has 0 spiro atoms. The third kappa shape index (κ3) is 1.84. The molecule has 1 aromatic carbocycles. The second kappa shape index (κ2) is 4.80. The number of fused-ring (bicyclic) bond motifs is 1. The number of rotatable bonds is 1. The van der Waals surface area contributed by atoms with Crippen LogP contribution in [0, 0.1) is 0 Å². The summed E-state index contributed by atoms with van der Waals surface area (Å²) >= 11 is 0. The molecule has 3 nitrogen and oxygen atoms in total. The molecule has 1 heterocycles. The van der Waals surface area contributed by atoms with E-state index < -0.39 is 10.3 Å². The summed E-state index contributed by atoms with van der Waals surface area (Å²) in [4.78, 5) is 2.56. The predicted octanol–water partition coefficient (Wildman–Crippen LogP) is 2.72. The molecule has 1 aromatic rings. The monoisotopic (exact) mass is 285 g/mol. The van der Waals surface area contributed by atoms with Gasteiger partial charge < -0.3 is 4.90 Å². The summed E-state index contributed by atoms with van der Waals surface area (Å²) in [7, 11) is -2.22. The van der Waals surface area contributed by atoms with Crippen LogP contribution in [0.15, 0.2) is 65.4 Å². The largest absolute Gasteiger partial charge is 0.334 e. The molecule has 0 N–H and O–H groups in total. The third-order valence-electron chi connectivity index (χ3n) is 3.89. The average molecular weight is 285 g/mol. The van der Waals surface area contributed by atoms with E-state index in [1.54, 1.807) is 12.2 Å². The third-order valence-corrected chi connectivity index (χ3v) is 4.59. The van der Waals surface area contributed by atoms with Gasteiger partial charge in [-0.1, -0.05) is 24.3 Å². The molecule has 0 radical (unpaired) electrons. The van der Waals surface area contributed by atoms with Gasteiger partial charge >= 0.3 is 0 Å². The molecule has 0 fully saturated rings. The second-order valence-electron chi connectivity index (χ2n) is 4.95. The Morgan fingerprint density at radius 1 is 1.15 bits per heavy atom. The van der Waals surface area contributed by atoms with Crippen molar-refractivity contribution in [3.63, 3.8) is 0 Å². The van der Waals surface area contributed by atoms with Crippen LogP contribution >= 0.6 is 0 Å². The zero-order valence-corrected chi connectivity index (χ0v) is 12.2. The van der Waals surface area contributed by atoms with Crippen LogP contribution < -0.4 is 4.90 Å². The van der Waals surface area contributed by atoms with Gasteiger partial charge in [-0.2, -0.15) is 8.42 Å². The highest BCUT2D eigenvalue weighted by Crippen LogP contribution is 2.39. The highest BCUT2D eigenvalue weighted by molar-refractivity contribution is 7.73. The Balaban J connectivity index is 2.20. The van der Waals surface area contributed by atoms with Gasteiger partial charge in [0.15, 0.2) is 0 Å². The molecule has 1 atom stereocenters. The Hall–Kier alpha value is -2.07. The van der Waals surface area contributed by atoms with E-state index in [4.69, 9.17) is 0 Å². The molecular weight excluding hydrogens is 270 g/mol. The Bertz CT molecular complexity index is 775. The zero-order valence-electron chi connectivity index (χ0n) is 11.4. The highest BCUT2D eigenvalue weighted by Gasteiger charge is 2.34. The van der Waals surface area contributed by atoms with Crippen molar-refractivity contribution < 1.29 is 8.42 Å². The molecular formula is C16H15NO2S. The summed E-state index contributed by atoms with van der Waals surface area (Å²) in [6.45, 7) is 4.10. The number of nitrogens with zero attached hydrogens (tertiary/aromatic N) is 1. The van der Waals surface area contributed by atoms with Crippen LogP contribution in [0.2, 0.25) is 0 Å². The summed E-state index contributed by atoms with van der Waals surface area (Å²) in [5.74, 6) is 0. The van der Waals surface area contributed by atoms with E-state index in [9.17, 15) is 8.42 Å². The van der Waals surface area contributed by atoms with Gasteiger partial charge in [0.05, 0.1) is 11.7 Å². The van der Waals surface area contributed by atoms with Crippen LogP contribution in [0.1, 0.15) is 13.8 Å². The lowest BCUT2D eigenvalue weighted by Gasteiger charge is -2.27. The first kappa shape index (κ1) is 12.9. The van der Waals surface area contributed by atoms with Crippen molar-refractivity contribution in [3.8, 4) is 0 Å². The molecule has 0 saturated heterocycles. The Morgan fingerprint density at radius 2 is 1.85 bits per heavy atom. The van der Waals surface area contributed by atoms with E-state index in [-0.39, 0.29) is 6.04 Å². The van der Waals surface area contributed by atoms with Gasteiger partial charge in [-0.15, -0.1) is 0 Å². The molecule has 1 aliphatic heterocycles. The number of hydrogen-bond donors (Lipinski definition) is 0. The minimum atomic E-state index is -2.22. The number of benzene rings is 1. The molecule has 0 amide bonds. The minimum absolute atomic E-state index is 0.150. The lowest BCUT2D eigenvalue weighted by atomic mass is 10.0. The van der Waals surface area contributed by atoms with Crippen molar-refractivity contribution in [1.82, 2.24) is 0 Å². The maximum absolute atomic E-state index is 11.4. The topological polar surface area (TPSA) is 37.4 Å². The van der Waals surface area contributed by atoms with Crippen LogP contribution in [-0.2, 0) is 10.3 Å². The summed E-state index contributed by atoms with van der Waals surface area (Å²) in [6.07, 6.45) is 5.43. The van der Waals surface area contributed by atoms with Crippen LogP contribution in [0.4, 0.5) is 5.69 Å². The van der Waals surface area contributed by atoms with Gasteiger partial charge in [0, 0.05) is 11.3 Å². The van der Waals surface area contributed by atoms with Crippen molar-refractivity contribution in [2.75, 3.05) is 4.90 Å².